The van der Waals surface area contributed by atoms with E-state index in [1.807, 2.05) is 6.07 Å². The van der Waals surface area contributed by atoms with Gasteiger partial charge in [0.05, 0.1) is 6.54 Å². The lowest BCUT2D eigenvalue weighted by Crippen LogP contribution is -2.44. The van der Waals surface area contributed by atoms with Gasteiger partial charge in [-0.05, 0) is 63.4 Å². The van der Waals surface area contributed by atoms with E-state index >= 15 is 0 Å². The minimum Gasteiger partial charge on any atom is -0.370 e. The minimum atomic E-state index is -0.163. The summed E-state index contributed by atoms with van der Waals surface area (Å²) < 4.78 is 0. The third-order valence-corrected chi connectivity index (χ3v) is 4.05. The van der Waals surface area contributed by atoms with Crippen molar-refractivity contribution in [3.63, 3.8) is 0 Å². The van der Waals surface area contributed by atoms with Crippen molar-refractivity contribution in [1.29, 1.82) is 0 Å². The van der Waals surface area contributed by atoms with E-state index in [9.17, 15) is 0 Å². The molecule has 1 atom stereocenters. The maximum absolute atomic E-state index is 6.07. The second kappa shape index (κ2) is 8.17. The standard InChI is InChI=1S/C21H30N4/c1-15-11-16(2)13-19(12-15)24-20(22)23-14-21(4,5)25-17(3)18-9-7-6-8-10-18/h6-13,17,25H,14H2,1-5H3,(H3,22,23,24). The van der Waals surface area contributed by atoms with Crippen molar-refractivity contribution >= 4 is 11.6 Å². The van der Waals surface area contributed by atoms with Gasteiger partial charge in [0.15, 0.2) is 5.96 Å². The van der Waals surface area contributed by atoms with Crippen molar-refractivity contribution in [2.75, 3.05) is 11.9 Å². The van der Waals surface area contributed by atoms with Gasteiger partial charge >= 0.3 is 0 Å². The zero-order valence-electron chi connectivity index (χ0n) is 15.9. The molecule has 0 saturated heterocycles. The van der Waals surface area contributed by atoms with Gasteiger partial charge in [-0.1, -0.05) is 36.4 Å². The number of guanidine groups is 1. The van der Waals surface area contributed by atoms with Crippen LogP contribution in [0.4, 0.5) is 5.69 Å². The van der Waals surface area contributed by atoms with Crippen LogP contribution in [0.2, 0.25) is 0 Å². The monoisotopic (exact) mass is 338 g/mol. The van der Waals surface area contributed by atoms with Crippen LogP contribution < -0.4 is 16.4 Å². The first-order valence-electron chi connectivity index (χ1n) is 8.73. The Morgan fingerprint density at radius 3 is 2.28 bits per heavy atom. The van der Waals surface area contributed by atoms with Gasteiger partial charge in [-0.15, -0.1) is 0 Å². The Balaban J connectivity index is 1.96. The lowest BCUT2D eigenvalue weighted by atomic mass is 10.0. The SMILES string of the molecule is Cc1cc(C)cc(NC(N)=NCC(C)(C)NC(C)c2ccccc2)c1. The van der Waals surface area contributed by atoms with Crippen LogP contribution in [0.25, 0.3) is 0 Å². The molecule has 2 aromatic rings. The Bertz CT molecular complexity index is 700. The van der Waals surface area contributed by atoms with Crippen molar-refractivity contribution in [1.82, 2.24) is 5.32 Å². The summed E-state index contributed by atoms with van der Waals surface area (Å²) in [5.74, 6) is 0.437. The molecule has 0 heterocycles. The molecule has 0 aromatic heterocycles. The van der Waals surface area contributed by atoms with Gasteiger partial charge < -0.3 is 16.4 Å². The molecular weight excluding hydrogens is 308 g/mol. The maximum atomic E-state index is 6.07. The van der Waals surface area contributed by atoms with Crippen molar-refractivity contribution in [2.24, 2.45) is 10.7 Å². The molecule has 25 heavy (non-hydrogen) atoms. The molecule has 2 rings (SSSR count). The zero-order chi connectivity index (χ0) is 18.4. The number of anilines is 1. The van der Waals surface area contributed by atoms with Gasteiger partial charge in [-0.25, -0.2) is 0 Å². The van der Waals surface area contributed by atoms with Crippen LogP contribution in [0.5, 0.6) is 0 Å². The molecule has 1 unspecified atom stereocenters. The Morgan fingerprint density at radius 1 is 1.08 bits per heavy atom. The molecule has 4 nitrogen and oxygen atoms in total. The molecular formula is C21H30N4. The number of benzene rings is 2. The summed E-state index contributed by atoms with van der Waals surface area (Å²) in [6.45, 7) is 11.2. The van der Waals surface area contributed by atoms with E-state index in [4.69, 9.17) is 5.73 Å². The molecule has 0 radical (unpaired) electrons. The van der Waals surface area contributed by atoms with Crippen LogP contribution in [0, 0.1) is 13.8 Å². The van der Waals surface area contributed by atoms with Gasteiger partial charge in [0.25, 0.3) is 0 Å². The largest absolute Gasteiger partial charge is 0.370 e. The number of nitrogens with zero attached hydrogens (tertiary/aromatic N) is 1. The van der Waals surface area contributed by atoms with Gasteiger partial charge in [0.2, 0.25) is 0 Å². The summed E-state index contributed by atoms with van der Waals surface area (Å²) in [5.41, 5.74) is 10.5. The maximum Gasteiger partial charge on any atom is 0.193 e. The first-order chi connectivity index (χ1) is 11.7. The molecule has 0 amide bonds. The average Bonchev–Trinajstić information content (AvgIpc) is 2.52. The van der Waals surface area contributed by atoms with Gasteiger partial charge in [0.1, 0.15) is 0 Å². The smallest absolute Gasteiger partial charge is 0.193 e. The number of aliphatic imine (C=N–C) groups is 1. The fourth-order valence-electron chi connectivity index (χ4n) is 2.97. The highest BCUT2D eigenvalue weighted by Gasteiger charge is 2.20. The Morgan fingerprint density at radius 2 is 1.68 bits per heavy atom. The third-order valence-electron chi connectivity index (χ3n) is 4.05. The van der Waals surface area contributed by atoms with E-state index in [2.05, 4.69) is 92.7 Å². The highest BCUT2D eigenvalue weighted by atomic mass is 15.1. The first kappa shape index (κ1) is 19.0. The molecule has 0 aliphatic heterocycles. The second-order valence-corrected chi connectivity index (χ2v) is 7.36. The summed E-state index contributed by atoms with van der Waals surface area (Å²) >= 11 is 0. The fraction of sp³-hybridized carbons (Fsp3) is 0.381. The predicted octanol–water partition coefficient (Wildman–Crippen LogP) is 4.16. The highest BCUT2D eigenvalue weighted by molar-refractivity contribution is 5.92. The second-order valence-electron chi connectivity index (χ2n) is 7.36. The molecule has 2 aromatic carbocycles. The fourth-order valence-corrected chi connectivity index (χ4v) is 2.97. The van der Waals surface area contributed by atoms with Gasteiger partial charge in [0, 0.05) is 17.3 Å². The van der Waals surface area contributed by atoms with Crippen molar-refractivity contribution in [3.05, 3.63) is 65.2 Å². The van der Waals surface area contributed by atoms with E-state index in [0.717, 1.165) is 5.69 Å². The number of nitrogens with two attached hydrogens (primary N) is 1. The summed E-state index contributed by atoms with van der Waals surface area (Å²) in [6, 6.07) is 16.9. The molecule has 0 aliphatic rings. The molecule has 134 valence electrons. The molecule has 0 aliphatic carbocycles. The molecule has 0 saturated carbocycles. The molecule has 4 N–H and O–H groups in total. The van der Waals surface area contributed by atoms with Crippen LogP contribution >= 0.6 is 0 Å². The van der Waals surface area contributed by atoms with Gasteiger partial charge in [-0.3, -0.25) is 4.99 Å². The van der Waals surface area contributed by atoms with E-state index in [1.54, 1.807) is 0 Å². The van der Waals surface area contributed by atoms with E-state index in [-0.39, 0.29) is 11.6 Å². The summed E-state index contributed by atoms with van der Waals surface area (Å²) in [6.07, 6.45) is 0. The van der Waals surface area contributed by atoms with E-state index in [1.165, 1.54) is 16.7 Å². The van der Waals surface area contributed by atoms with Crippen molar-refractivity contribution in [3.8, 4) is 0 Å². The summed E-state index contributed by atoms with van der Waals surface area (Å²) in [7, 11) is 0. The van der Waals surface area contributed by atoms with Crippen LogP contribution in [0.1, 0.15) is 43.5 Å². The normalized spacial score (nSPS) is 13.6. The Labute approximate surface area is 151 Å². The third kappa shape index (κ3) is 6.24. The summed E-state index contributed by atoms with van der Waals surface area (Å²) in [5, 5.41) is 6.80. The number of rotatable bonds is 6. The quantitative estimate of drug-likeness (QED) is 0.547. The highest BCUT2D eigenvalue weighted by Crippen LogP contribution is 2.17. The molecule has 4 heteroatoms. The zero-order valence-corrected chi connectivity index (χ0v) is 15.9. The molecule has 0 spiro atoms. The lowest BCUT2D eigenvalue weighted by molar-refractivity contribution is 0.357. The summed E-state index contributed by atoms with van der Waals surface area (Å²) in [4.78, 5) is 4.52. The number of nitrogens with one attached hydrogen (secondary N) is 2. The van der Waals surface area contributed by atoms with E-state index < -0.39 is 0 Å². The van der Waals surface area contributed by atoms with Crippen LogP contribution in [-0.2, 0) is 0 Å². The van der Waals surface area contributed by atoms with Crippen LogP contribution in [0.15, 0.2) is 53.5 Å². The predicted molar refractivity (Wildman–Crippen MR) is 108 cm³/mol. The van der Waals surface area contributed by atoms with Gasteiger partial charge in [-0.2, -0.15) is 0 Å². The number of hydrogen-bond acceptors (Lipinski definition) is 2. The van der Waals surface area contributed by atoms with Crippen molar-refractivity contribution in [2.45, 2.75) is 46.2 Å². The Kier molecular flexibility index (Phi) is 6.21. The van der Waals surface area contributed by atoms with Crippen molar-refractivity contribution < 1.29 is 0 Å². The first-order valence-corrected chi connectivity index (χ1v) is 8.73. The minimum absolute atomic E-state index is 0.163. The van der Waals surface area contributed by atoms with Crippen LogP contribution in [0.3, 0.4) is 0 Å². The lowest BCUT2D eigenvalue weighted by Gasteiger charge is -2.29. The number of hydrogen-bond donors (Lipinski definition) is 3. The average molecular weight is 338 g/mol. The van der Waals surface area contributed by atoms with Crippen LogP contribution in [-0.4, -0.2) is 18.0 Å². The number of aryl methyl sites for hydroxylation is 2. The molecule has 0 bridgehead atoms. The molecule has 0 fully saturated rings. The van der Waals surface area contributed by atoms with E-state index in [0.29, 0.717) is 12.5 Å². The topological polar surface area (TPSA) is 62.4 Å². The Hall–Kier alpha value is -2.33.